The number of amides is 1. The minimum Gasteiger partial charge on any atom is -0.371 e. The highest BCUT2D eigenvalue weighted by Crippen LogP contribution is 2.36. The second-order valence-electron chi connectivity index (χ2n) is 6.02. The van der Waals surface area contributed by atoms with Crippen LogP contribution in [-0.4, -0.2) is 38.6 Å². The van der Waals surface area contributed by atoms with Gasteiger partial charge in [0.15, 0.2) is 0 Å². The molecule has 28 heavy (non-hydrogen) atoms. The number of benzene rings is 2. The van der Waals surface area contributed by atoms with E-state index in [1.165, 1.54) is 18.2 Å². The van der Waals surface area contributed by atoms with Crippen LogP contribution in [0.4, 0.5) is 8.78 Å². The highest BCUT2D eigenvalue weighted by Gasteiger charge is 2.43. The fourth-order valence-corrected chi connectivity index (χ4v) is 4.29. The van der Waals surface area contributed by atoms with Crippen LogP contribution < -0.4 is 4.72 Å². The molecular weight excluding hydrogens is 394 g/mol. The highest BCUT2D eigenvalue weighted by atomic mass is 32.2. The molecule has 1 amide bonds. The molecule has 1 N–H and O–H groups in total. The molecule has 1 heterocycles. The predicted molar refractivity (Wildman–Crippen MR) is 95.1 cm³/mol. The fraction of sp³-hybridized carbons (Fsp3) is 0.278. The topological polar surface area (TPSA) is 84.9 Å². The minimum absolute atomic E-state index is 0.0606. The summed E-state index contributed by atoms with van der Waals surface area (Å²) in [5.41, 5.74) is -0.266. The van der Waals surface area contributed by atoms with Crippen LogP contribution in [-0.2, 0) is 19.8 Å². The van der Waals surface area contributed by atoms with E-state index in [0.717, 1.165) is 19.2 Å². The molecule has 0 radical (unpaired) electrons. The van der Waals surface area contributed by atoms with E-state index in [0.29, 0.717) is 4.47 Å². The predicted octanol–water partition coefficient (Wildman–Crippen LogP) is 2.33. The third kappa shape index (κ3) is 4.04. The molecule has 0 aliphatic carbocycles. The number of hydrogen-bond acceptors (Lipinski definition) is 5. The molecule has 2 unspecified atom stereocenters. The zero-order valence-corrected chi connectivity index (χ0v) is 15.7. The lowest BCUT2D eigenvalue weighted by Crippen LogP contribution is -2.48. The lowest BCUT2D eigenvalue weighted by molar-refractivity contribution is -0.0993. The van der Waals surface area contributed by atoms with Crippen LogP contribution in [0.3, 0.4) is 0 Å². The van der Waals surface area contributed by atoms with Gasteiger partial charge in [-0.3, -0.25) is 9.63 Å². The number of nitrogens with zero attached hydrogens (tertiary/aromatic N) is 1. The van der Waals surface area contributed by atoms with E-state index >= 15 is 0 Å². The molecule has 150 valence electrons. The number of ether oxygens (including phenoxy) is 1. The van der Waals surface area contributed by atoms with Crippen molar-refractivity contribution in [3.8, 4) is 0 Å². The van der Waals surface area contributed by atoms with E-state index in [1.807, 2.05) is 4.72 Å². The summed E-state index contributed by atoms with van der Waals surface area (Å²) in [5, 5.41) is 0. The van der Waals surface area contributed by atoms with Crippen LogP contribution in [0.25, 0.3) is 0 Å². The van der Waals surface area contributed by atoms with Gasteiger partial charge in [0.05, 0.1) is 18.7 Å². The smallest absolute Gasteiger partial charge is 0.326 e. The maximum atomic E-state index is 14.2. The maximum absolute atomic E-state index is 14.2. The second kappa shape index (κ2) is 8.31. The van der Waals surface area contributed by atoms with Crippen molar-refractivity contribution in [2.75, 3.05) is 13.7 Å². The number of rotatable bonds is 6. The fourth-order valence-electron chi connectivity index (χ4n) is 3.07. The van der Waals surface area contributed by atoms with Crippen molar-refractivity contribution in [2.45, 2.75) is 18.6 Å². The molecule has 0 spiro atoms. The zero-order chi connectivity index (χ0) is 20.3. The van der Waals surface area contributed by atoms with Crippen LogP contribution in [0.5, 0.6) is 0 Å². The van der Waals surface area contributed by atoms with Crippen LogP contribution in [0.15, 0.2) is 48.5 Å². The molecule has 0 saturated carbocycles. The average molecular weight is 412 g/mol. The first-order valence-electron chi connectivity index (χ1n) is 8.36. The van der Waals surface area contributed by atoms with Crippen molar-refractivity contribution in [3.63, 3.8) is 0 Å². The summed E-state index contributed by atoms with van der Waals surface area (Å²) in [5.74, 6) is -2.59. The highest BCUT2D eigenvalue weighted by molar-refractivity contribution is 7.87. The molecule has 1 aliphatic heterocycles. The molecule has 0 bridgehead atoms. The summed E-state index contributed by atoms with van der Waals surface area (Å²) in [6.07, 6.45) is -1.11. The largest absolute Gasteiger partial charge is 0.371 e. The van der Waals surface area contributed by atoms with Crippen molar-refractivity contribution in [2.24, 2.45) is 0 Å². The van der Waals surface area contributed by atoms with Gasteiger partial charge in [-0.2, -0.15) is 8.42 Å². The van der Waals surface area contributed by atoms with Crippen molar-refractivity contribution in [3.05, 3.63) is 71.3 Å². The Balaban J connectivity index is 1.88. The Labute approximate surface area is 161 Å². The molecule has 2 aromatic rings. The summed E-state index contributed by atoms with van der Waals surface area (Å²) in [4.78, 5) is 17.2. The van der Waals surface area contributed by atoms with Gasteiger partial charge >= 0.3 is 10.2 Å². The second-order valence-corrected chi connectivity index (χ2v) is 7.54. The molecule has 1 fully saturated rings. The van der Waals surface area contributed by atoms with E-state index in [1.54, 1.807) is 18.2 Å². The number of halogens is 2. The average Bonchev–Trinajstić information content (AvgIpc) is 3.11. The van der Waals surface area contributed by atoms with E-state index in [9.17, 15) is 22.0 Å². The summed E-state index contributed by atoms with van der Waals surface area (Å²) < 4.78 is 61.6. The Morgan fingerprint density at radius 1 is 1.14 bits per heavy atom. The summed E-state index contributed by atoms with van der Waals surface area (Å²) in [6.45, 7) is 0.0606. The number of hydrogen-bond donors (Lipinski definition) is 1. The van der Waals surface area contributed by atoms with Crippen molar-refractivity contribution >= 4 is 16.1 Å². The Bertz CT molecular complexity index is 935. The molecule has 1 saturated heterocycles. The van der Waals surface area contributed by atoms with Gasteiger partial charge in [0.1, 0.15) is 17.7 Å². The molecule has 7 nitrogen and oxygen atoms in total. The molecular formula is C18H18F2N2O5S. The van der Waals surface area contributed by atoms with E-state index in [-0.39, 0.29) is 18.6 Å². The van der Waals surface area contributed by atoms with Crippen molar-refractivity contribution in [1.29, 1.82) is 0 Å². The van der Waals surface area contributed by atoms with Gasteiger partial charge in [-0.1, -0.05) is 28.7 Å². The molecule has 0 aromatic heterocycles. The van der Waals surface area contributed by atoms with Gasteiger partial charge in [0.2, 0.25) is 0 Å². The first-order valence-corrected chi connectivity index (χ1v) is 9.80. The van der Waals surface area contributed by atoms with E-state index in [4.69, 9.17) is 9.57 Å². The molecule has 3 rings (SSSR count). The van der Waals surface area contributed by atoms with Gasteiger partial charge in [0.25, 0.3) is 5.91 Å². The third-order valence-corrected chi connectivity index (χ3v) is 5.63. The van der Waals surface area contributed by atoms with Crippen LogP contribution >= 0.6 is 0 Å². The minimum atomic E-state index is -4.48. The van der Waals surface area contributed by atoms with Crippen LogP contribution in [0.1, 0.15) is 28.4 Å². The standard InChI is InChI=1S/C18H18F2N2O5S/c1-26-22(28(24,25)21-18(23)12-6-3-2-4-7-12)15-10-11-27-17(15)16-13(19)8-5-9-14(16)20/h2-9,15,17H,10-11H2,1H3,(H,21,23). The summed E-state index contributed by atoms with van der Waals surface area (Å²) in [6, 6.07) is 9.96. The Morgan fingerprint density at radius 3 is 2.39 bits per heavy atom. The van der Waals surface area contributed by atoms with Gasteiger partial charge in [0, 0.05) is 12.2 Å². The summed E-state index contributed by atoms with van der Waals surface area (Å²) in [7, 11) is -3.40. The molecule has 2 atom stereocenters. The molecule has 10 heteroatoms. The van der Waals surface area contributed by atoms with Crippen molar-refractivity contribution < 1.29 is 31.6 Å². The normalized spacial score (nSPS) is 19.7. The Kier molecular flexibility index (Phi) is 6.04. The zero-order valence-electron chi connectivity index (χ0n) is 14.8. The van der Waals surface area contributed by atoms with Gasteiger partial charge in [-0.05, 0) is 30.7 Å². The van der Waals surface area contributed by atoms with Crippen LogP contribution in [0.2, 0.25) is 0 Å². The molecule has 1 aliphatic rings. The number of carbonyl (C=O) groups is 1. The maximum Gasteiger partial charge on any atom is 0.326 e. The first kappa shape index (κ1) is 20.3. The van der Waals surface area contributed by atoms with Crippen LogP contribution in [0, 0.1) is 11.6 Å². The number of hydroxylamine groups is 1. The quantitative estimate of drug-likeness (QED) is 0.737. The Morgan fingerprint density at radius 2 is 1.79 bits per heavy atom. The third-order valence-electron chi connectivity index (χ3n) is 4.29. The van der Waals surface area contributed by atoms with Crippen molar-refractivity contribution in [1.82, 2.24) is 9.19 Å². The number of carbonyl (C=O) groups excluding carboxylic acids is 1. The lowest BCUT2D eigenvalue weighted by Gasteiger charge is -2.29. The monoisotopic (exact) mass is 412 g/mol. The lowest BCUT2D eigenvalue weighted by atomic mass is 10.0. The van der Waals surface area contributed by atoms with E-state index in [2.05, 4.69) is 0 Å². The first-order chi connectivity index (χ1) is 13.3. The SMILES string of the molecule is CON(C1CCOC1c1c(F)cccc1F)S(=O)(=O)NC(=O)c1ccccc1. The Hall–Kier alpha value is -2.40. The number of nitrogens with one attached hydrogen (secondary N) is 1. The van der Waals surface area contributed by atoms with E-state index < -0.39 is 45.5 Å². The summed E-state index contributed by atoms with van der Waals surface area (Å²) >= 11 is 0. The van der Waals surface area contributed by atoms with Gasteiger partial charge < -0.3 is 4.74 Å². The molecule has 2 aromatic carbocycles. The van der Waals surface area contributed by atoms with Gasteiger partial charge in [-0.25, -0.2) is 13.5 Å². The van der Waals surface area contributed by atoms with Gasteiger partial charge in [-0.15, -0.1) is 0 Å².